The highest BCUT2D eigenvalue weighted by Crippen LogP contribution is 2.52. The Hall–Kier alpha value is -1.29. The van der Waals surface area contributed by atoms with E-state index in [1.54, 1.807) is 0 Å². The topological polar surface area (TPSA) is 99.5 Å². The minimum atomic E-state index is -5.75. The molecule has 2 fully saturated rings. The first-order valence-corrected chi connectivity index (χ1v) is 10.9. The molecule has 2 saturated heterocycles. The van der Waals surface area contributed by atoms with Crippen molar-refractivity contribution in [3.05, 3.63) is 0 Å². The van der Waals surface area contributed by atoms with E-state index in [9.17, 15) is 46.1 Å². The van der Waals surface area contributed by atoms with Gasteiger partial charge in [0, 0.05) is 10.8 Å². The zero-order valence-corrected chi connectivity index (χ0v) is 20.9. The van der Waals surface area contributed by atoms with Gasteiger partial charge in [-0.3, -0.25) is 9.59 Å². The smallest absolute Gasteiger partial charge is 0.381 e. The largest absolute Gasteiger partial charge is 0.446 e. The summed E-state index contributed by atoms with van der Waals surface area (Å²) in [6, 6.07) is 0. The average Bonchev–Trinajstić information content (AvgIpc) is 2.59. The molecule has 0 aromatic rings. The monoisotopic (exact) mass is 540 g/mol. The molecule has 2 aliphatic rings. The molecule has 2 heterocycles. The quantitative estimate of drug-likeness (QED) is 0.214. The van der Waals surface area contributed by atoms with Gasteiger partial charge in [-0.15, -0.1) is 0 Å². The highest BCUT2D eigenvalue weighted by Gasteiger charge is 2.78. The predicted molar refractivity (Wildman–Crippen MR) is 112 cm³/mol. The van der Waals surface area contributed by atoms with E-state index in [1.807, 2.05) is 0 Å². The van der Waals surface area contributed by atoms with Gasteiger partial charge in [0.15, 0.2) is 11.7 Å². The predicted octanol–water partition coefficient (Wildman–Crippen LogP) is 2.29. The zero-order chi connectivity index (χ0) is 27.6. The number of amides is 2. The molecule has 2 amide bonds. The number of hydrogen-bond donors (Lipinski definition) is 3. The number of carbonyl (C=O) groups is 2. The summed E-state index contributed by atoms with van der Waals surface area (Å²) in [4.78, 5) is 26.6. The zero-order valence-electron chi connectivity index (χ0n) is 20.0. The fourth-order valence-electron chi connectivity index (χ4n) is 4.03. The number of aliphatic hydroxyl groups is 2. The molecule has 0 spiro atoms. The normalized spacial score (nSPS) is 23.2. The van der Waals surface area contributed by atoms with Crippen LogP contribution in [0.1, 0.15) is 41.5 Å². The van der Waals surface area contributed by atoms with E-state index in [1.165, 1.54) is 41.5 Å². The molecule has 0 saturated carbocycles. The van der Waals surface area contributed by atoms with Crippen LogP contribution in [0.5, 0.6) is 0 Å². The standard InChI is InChI=1S/C20H30F6N2O6S/c1-14(2,3)12(30)27-7-16(8-27,11(29)18(21,22)23)33-19(32,20(24,25)26)17(34-35)9-28(10-17)13(31)15(4,5)6/h11,29,32,35H,7-10H2,1-6H3/t11-,19-/m0/s1. The molecule has 0 aromatic heterocycles. The summed E-state index contributed by atoms with van der Waals surface area (Å²) in [5.41, 5.74) is -8.00. The number of halogens is 6. The minimum absolute atomic E-state index is 0.612. The lowest BCUT2D eigenvalue weighted by molar-refractivity contribution is -0.467. The van der Waals surface area contributed by atoms with E-state index in [4.69, 9.17) is 4.74 Å². The van der Waals surface area contributed by atoms with Crippen molar-refractivity contribution < 1.29 is 55.1 Å². The molecule has 2 rings (SSSR count). The summed E-state index contributed by atoms with van der Waals surface area (Å²) in [5.74, 6) is -5.74. The molecule has 0 unspecified atom stereocenters. The Balaban J connectivity index is 2.48. The number of hydrogen-bond acceptors (Lipinski definition) is 7. The van der Waals surface area contributed by atoms with Crippen LogP contribution in [0.2, 0.25) is 0 Å². The summed E-state index contributed by atoms with van der Waals surface area (Å²) in [5, 5.41) is 20.8. The summed E-state index contributed by atoms with van der Waals surface area (Å²) < 4.78 is 92.5. The molecule has 35 heavy (non-hydrogen) atoms. The molecule has 2 aliphatic heterocycles. The maximum Gasteiger partial charge on any atom is 0.446 e. The van der Waals surface area contributed by atoms with Gasteiger partial charge in [0.25, 0.3) is 5.79 Å². The van der Waals surface area contributed by atoms with Gasteiger partial charge in [-0.1, -0.05) is 41.5 Å². The summed E-state index contributed by atoms with van der Waals surface area (Å²) in [6.45, 7) is 4.82. The molecule has 2 N–H and O–H groups in total. The molecular weight excluding hydrogens is 510 g/mol. The Morgan fingerprint density at radius 3 is 1.51 bits per heavy atom. The number of aliphatic hydroxyl groups excluding tert-OH is 1. The van der Waals surface area contributed by atoms with Crippen LogP contribution < -0.4 is 0 Å². The van der Waals surface area contributed by atoms with Gasteiger partial charge in [-0.25, -0.2) is 0 Å². The van der Waals surface area contributed by atoms with Crippen molar-refractivity contribution in [3.63, 3.8) is 0 Å². The molecule has 0 bridgehead atoms. The molecule has 204 valence electrons. The van der Waals surface area contributed by atoms with Gasteiger partial charge < -0.3 is 28.9 Å². The van der Waals surface area contributed by atoms with Crippen molar-refractivity contribution in [1.29, 1.82) is 0 Å². The maximum atomic E-state index is 14.2. The molecule has 0 aromatic carbocycles. The van der Waals surface area contributed by atoms with Crippen LogP contribution in [0.25, 0.3) is 0 Å². The molecule has 2 atom stereocenters. The van der Waals surface area contributed by atoms with E-state index in [0.717, 1.165) is 9.80 Å². The second-order valence-corrected chi connectivity index (χ2v) is 11.3. The highest BCUT2D eigenvalue weighted by atomic mass is 32.1. The number of nitrogens with zero attached hydrogens (tertiary/aromatic N) is 2. The second kappa shape index (κ2) is 8.64. The Bertz CT molecular complexity index is 841. The summed E-state index contributed by atoms with van der Waals surface area (Å²) in [7, 11) is 0. The fraction of sp³-hybridized carbons (Fsp3) is 0.900. The van der Waals surface area contributed by atoms with Gasteiger partial charge in [0.2, 0.25) is 11.8 Å². The third-order valence-electron chi connectivity index (χ3n) is 6.00. The van der Waals surface area contributed by atoms with Crippen molar-refractivity contribution in [3.8, 4) is 0 Å². The van der Waals surface area contributed by atoms with Crippen LogP contribution in [0.3, 0.4) is 0 Å². The van der Waals surface area contributed by atoms with Gasteiger partial charge in [0.05, 0.1) is 26.2 Å². The third kappa shape index (κ3) is 5.11. The van der Waals surface area contributed by atoms with Gasteiger partial charge >= 0.3 is 12.4 Å². The third-order valence-corrected chi connectivity index (χ3v) is 6.35. The second-order valence-electron chi connectivity index (χ2n) is 11.2. The first-order valence-electron chi connectivity index (χ1n) is 10.5. The van der Waals surface area contributed by atoms with Crippen molar-refractivity contribution in [2.75, 3.05) is 26.2 Å². The van der Waals surface area contributed by atoms with Crippen LogP contribution in [0.15, 0.2) is 0 Å². The lowest BCUT2D eigenvalue weighted by Crippen LogP contribution is -2.84. The Labute approximate surface area is 204 Å². The van der Waals surface area contributed by atoms with Gasteiger partial charge in [-0.05, 0) is 12.9 Å². The molecule has 8 nitrogen and oxygen atoms in total. The SMILES string of the molecule is CC(C)(C)C(=O)N1CC(O[C@](O)(C(F)(F)F)C2(OS)CN(C(=O)C(C)(C)C)C2)([C@H](O)C(F)(F)F)C1. The van der Waals surface area contributed by atoms with Gasteiger partial charge in [-0.2, -0.15) is 26.3 Å². The fourth-order valence-corrected chi connectivity index (χ4v) is 4.27. The lowest BCUT2D eigenvalue weighted by Gasteiger charge is -2.61. The van der Waals surface area contributed by atoms with Crippen molar-refractivity contribution in [1.82, 2.24) is 9.80 Å². The van der Waals surface area contributed by atoms with Crippen LogP contribution in [0, 0.1) is 10.8 Å². The van der Waals surface area contributed by atoms with Crippen molar-refractivity contribution in [2.24, 2.45) is 10.8 Å². The van der Waals surface area contributed by atoms with E-state index < -0.39 is 84.3 Å². The molecule has 15 heteroatoms. The molecule has 0 radical (unpaired) electrons. The number of ether oxygens (including phenoxy) is 1. The minimum Gasteiger partial charge on any atom is -0.381 e. The number of thiol groups is 1. The van der Waals surface area contributed by atoms with Crippen LogP contribution in [-0.4, -0.2) is 93.5 Å². The number of carbonyl (C=O) groups excluding carboxylic acids is 2. The number of rotatable bonds is 5. The Morgan fingerprint density at radius 1 is 0.857 bits per heavy atom. The Kier molecular flexibility index (Phi) is 7.39. The van der Waals surface area contributed by atoms with Gasteiger partial charge in [0.1, 0.15) is 5.60 Å². The van der Waals surface area contributed by atoms with E-state index >= 15 is 0 Å². The first-order chi connectivity index (χ1) is 15.4. The van der Waals surface area contributed by atoms with Crippen LogP contribution in [-0.2, 0) is 18.5 Å². The Morgan fingerprint density at radius 2 is 1.23 bits per heavy atom. The van der Waals surface area contributed by atoms with Crippen LogP contribution >= 0.6 is 12.9 Å². The number of alkyl halides is 6. The lowest BCUT2D eigenvalue weighted by atomic mass is 9.79. The number of likely N-dealkylation sites (tertiary alicyclic amines) is 2. The summed E-state index contributed by atoms with van der Waals surface area (Å²) in [6.07, 6.45) is -14.7. The highest BCUT2D eigenvalue weighted by molar-refractivity contribution is 7.75. The molecule has 0 aliphatic carbocycles. The average molecular weight is 541 g/mol. The van der Waals surface area contributed by atoms with E-state index in [-0.39, 0.29) is 0 Å². The van der Waals surface area contributed by atoms with Crippen molar-refractivity contribution in [2.45, 2.75) is 77.0 Å². The van der Waals surface area contributed by atoms with E-state index in [2.05, 4.69) is 17.1 Å². The maximum absolute atomic E-state index is 14.2. The van der Waals surface area contributed by atoms with E-state index in [0.29, 0.717) is 0 Å². The molecular formula is C20H30F6N2O6S. The van der Waals surface area contributed by atoms with Crippen molar-refractivity contribution >= 4 is 24.7 Å². The van der Waals surface area contributed by atoms with Crippen LogP contribution in [0.4, 0.5) is 26.3 Å². The summed E-state index contributed by atoms with van der Waals surface area (Å²) >= 11 is 3.41. The first kappa shape index (κ1) is 29.9.